The molecular formula is C8H9F3O. The number of alkyl halides is 3. The van der Waals surface area contributed by atoms with Crippen LogP contribution in [0.1, 0.15) is 26.2 Å². The molecule has 1 aliphatic carbocycles. The van der Waals surface area contributed by atoms with Gasteiger partial charge in [0.1, 0.15) is 0 Å². The fraction of sp³-hybridized carbons (Fsp3) is 0.625. The molecule has 0 aliphatic heterocycles. The lowest BCUT2D eigenvalue weighted by Crippen LogP contribution is -2.24. The van der Waals surface area contributed by atoms with E-state index in [0.717, 1.165) is 0 Å². The van der Waals surface area contributed by atoms with Crippen molar-refractivity contribution >= 4 is 5.78 Å². The number of hydrogen-bond acceptors (Lipinski definition) is 1. The van der Waals surface area contributed by atoms with Gasteiger partial charge in [-0.05, 0) is 12.8 Å². The zero-order valence-electron chi connectivity index (χ0n) is 6.66. The Morgan fingerprint density at radius 2 is 2.00 bits per heavy atom. The zero-order valence-corrected chi connectivity index (χ0v) is 6.66. The fourth-order valence-corrected chi connectivity index (χ4v) is 1.21. The molecule has 0 fully saturated rings. The van der Waals surface area contributed by atoms with E-state index in [4.69, 9.17) is 0 Å². The van der Waals surface area contributed by atoms with Crippen LogP contribution in [0.5, 0.6) is 0 Å². The van der Waals surface area contributed by atoms with E-state index in [1.54, 1.807) is 6.92 Å². The van der Waals surface area contributed by atoms with E-state index < -0.39 is 11.7 Å². The average Bonchev–Trinajstić information content (AvgIpc) is 1.80. The summed E-state index contributed by atoms with van der Waals surface area (Å²) < 4.78 is 36.1. The molecule has 0 radical (unpaired) electrons. The third kappa shape index (κ3) is 1.52. The summed E-state index contributed by atoms with van der Waals surface area (Å²) >= 11 is 0. The number of Topliss-reactive ketones (excluding diaryl/α,β-unsaturated/α-hetero) is 1. The van der Waals surface area contributed by atoms with Crippen LogP contribution in [0.4, 0.5) is 13.2 Å². The van der Waals surface area contributed by atoms with Gasteiger partial charge in [0.25, 0.3) is 0 Å². The van der Waals surface area contributed by atoms with Crippen molar-refractivity contribution in [1.82, 2.24) is 0 Å². The van der Waals surface area contributed by atoms with Crippen molar-refractivity contribution < 1.29 is 18.0 Å². The minimum Gasteiger partial charge on any atom is -0.295 e. The molecule has 0 amide bonds. The van der Waals surface area contributed by atoms with Crippen molar-refractivity contribution in [2.45, 2.75) is 32.4 Å². The van der Waals surface area contributed by atoms with Crippen LogP contribution in [-0.2, 0) is 4.79 Å². The van der Waals surface area contributed by atoms with Gasteiger partial charge in [-0.1, -0.05) is 6.92 Å². The molecular weight excluding hydrogens is 169 g/mol. The average molecular weight is 178 g/mol. The van der Waals surface area contributed by atoms with Crippen LogP contribution in [-0.4, -0.2) is 12.0 Å². The highest BCUT2D eigenvalue weighted by molar-refractivity contribution is 5.97. The van der Waals surface area contributed by atoms with Gasteiger partial charge >= 0.3 is 6.18 Å². The number of hydrogen-bond donors (Lipinski definition) is 0. The van der Waals surface area contributed by atoms with Crippen molar-refractivity contribution in [3.8, 4) is 0 Å². The minimum absolute atomic E-state index is 0.00454. The molecule has 0 unspecified atom stereocenters. The Kier molecular flexibility index (Phi) is 2.26. The molecule has 12 heavy (non-hydrogen) atoms. The van der Waals surface area contributed by atoms with E-state index >= 15 is 0 Å². The molecule has 0 aromatic rings. The SMILES string of the molecule is CCC(=O)C1=C(C(F)(F)F)CC1. The van der Waals surface area contributed by atoms with E-state index in [1.807, 2.05) is 0 Å². The van der Waals surface area contributed by atoms with E-state index in [0.29, 0.717) is 6.42 Å². The molecule has 1 aliphatic rings. The molecule has 0 aromatic heterocycles. The van der Waals surface area contributed by atoms with Crippen molar-refractivity contribution in [2.75, 3.05) is 0 Å². The van der Waals surface area contributed by atoms with E-state index in [9.17, 15) is 18.0 Å². The third-order valence-electron chi connectivity index (χ3n) is 1.99. The van der Waals surface area contributed by atoms with Gasteiger partial charge < -0.3 is 0 Å². The van der Waals surface area contributed by atoms with Gasteiger partial charge in [0, 0.05) is 17.6 Å². The maximum atomic E-state index is 12.0. The summed E-state index contributed by atoms with van der Waals surface area (Å²) in [6.07, 6.45) is -3.83. The number of allylic oxidation sites excluding steroid dienone is 2. The fourth-order valence-electron chi connectivity index (χ4n) is 1.21. The number of rotatable bonds is 2. The normalized spacial score (nSPS) is 17.7. The standard InChI is InChI=1S/C8H9F3O/c1-2-7(12)5-3-4-6(5)8(9,10)11/h2-4H2,1H3. The molecule has 0 saturated heterocycles. The topological polar surface area (TPSA) is 17.1 Å². The van der Waals surface area contributed by atoms with Crippen LogP contribution >= 0.6 is 0 Å². The molecule has 0 N–H and O–H groups in total. The Morgan fingerprint density at radius 3 is 2.25 bits per heavy atom. The Hall–Kier alpha value is -0.800. The first-order valence-corrected chi connectivity index (χ1v) is 3.79. The lowest BCUT2D eigenvalue weighted by molar-refractivity contribution is -0.119. The lowest BCUT2D eigenvalue weighted by atomic mass is 9.84. The van der Waals surface area contributed by atoms with Crippen LogP contribution in [0, 0.1) is 0 Å². The maximum Gasteiger partial charge on any atom is 0.413 e. The molecule has 0 saturated carbocycles. The molecule has 0 aromatic carbocycles. The smallest absolute Gasteiger partial charge is 0.295 e. The Morgan fingerprint density at radius 1 is 1.42 bits per heavy atom. The lowest BCUT2D eigenvalue weighted by Gasteiger charge is -2.24. The van der Waals surface area contributed by atoms with Crippen molar-refractivity contribution in [3.05, 3.63) is 11.1 Å². The molecule has 1 rings (SSSR count). The second-order valence-electron chi connectivity index (χ2n) is 2.73. The van der Waals surface area contributed by atoms with E-state index in [-0.39, 0.29) is 24.2 Å². The largest absolute Gasteiger partial charge is 0.413 e. The summed E-state index contributed by atoms with van der Waals surface area (Å²) in [6, 6.07) is 0. The number of ketones is 1. The molecule has 4 heteroatoms. The molecule has 0 atom stereocenters. The van der Waals surface area contributed by atoms with Crippen molar-refractivity contribution in [3.63, 3.8) is 0 Å². The highest BCUT2D eigenvalue weighted by Crippen LogP contribution is 2.40. The van der Waals surface area contributed by atoms with E-state index in [2.05, 4.69) is 0 Å². The van der Waals surface area contributed by atoms with Crippen LogP contribution < -0.4 is 0 Å². The highest BCUT2D eigenvalue weighted by Gasteiger charge is 2.41. The minimum atomic E-state index is -4.29. The summed E-state index contributed by atoms with van der Waals surface area (Å²) in [5, 5.41) is 0. The van der Waals surface area contributed by atoms with Gasteiger partial charge in [0.15, 0.2) is 5.78 Å². The van der Waals surface area contributed by atoms with Crippen molar-refractivity contribution in [1.29, 1.82) is 0 Å². The predicted molar refractivity (Wildman–Crippen MR) is 37.6 cm³/mol. The van der Waals surface area contributed by atoms with Gasteiger partial charge in [0.05, 0.1) is 0 Å². The quantitative estimate of drug-likeness (QED) is 0.635. The van der Waals surface area contributed by atoms with Crippen molar-refractivity contribution in [2.24, 2.45) is 0 Å². The monoisotopic (exact) mass is 178 g/mol. The first kappa shape index (κ1) is 9.29. The van der Waals surface area contributed by atoms with Gasteiger partial charge in [0.2, 0.25) is 0 Å². The number of carbonyl (C=O) groups is 1. The molecule has 0 bridgehead atoms. The second-order valence-corrected chi connectivity index (χ2v) is 2.73. The van der Waals surface area contributed by atoms with Crippen LogP contribution in [0.3, 0.4) is 0 Å². The Labute approximate surface area is 68.3 Å². The summed E-state index contributed by atoms with van der Waals surface area (Å²) in [7, 11) is 0. The maximum absolute atomic E-state index is 12.0. The number of carbonyl (C=O) groups excluding carboxylic acids is 1. The van der Waals surface area contributed by atoms with Crippen LogP contribution in [0.2, 0.25) is 0 Å². The van der Waals surface area contributed by atoms with Gasteiger partial charge in [-0.3, -0.25) is 4.79 Å². The first-order chi connectivity index (χ1) is 5.46. The van der Waals surface area contributed by atoms with E-state index in [1.165, 1.54) is 0 Å². The Balaban J connectivity index is 2.86. The third-order valence-corrected chi connectivity index (χ3v) is 1.99. The highest BCUT2D eigenvalue weighted by atomic mass is 19.4. The number of halogens is 3. The molecule has 0 spiro atoms. The summed E-state index contributed by atoms with van der Waals surface area (Å²) in [5.41, 5.74) is -0.626. The molecule has 1 nitrogen and oxygen atoms in total. The summed E-state index contributed by atoms with van der Waals surface area (Å²) in [6.45, 7) is 1.57. The molecule has 68 valence electrons. The summed E-state index contributed by atoms with van der Waals surface area (Å²) in [5.74, 6) is -0.367. The molecule has 0 heterocycles. The van der Waals surface area contributed by atoms with Gasteiger partial charge in [-0.25, -0.2) is 0 Å². The van der Waals surface area contributed by atoms with Crippen LogP contribution in [0.25, 0.3) is 0 Å². The first-order valence-electron chi connectivity index (χ1n) is 3.79. The second kappa shape index (κ2) is 2.92. The summed E-state index contributed by atoms with van der Waals surface area (Å²) in [4.78, 5) is 10.9. The Bertz CT molecular complexity index is 237. The van der Waals surface area contributed by atoms with Gasteiger partial charge in [-0.2, -0.15) is 13.2 Å². The van der Waals surface area contributed by atoms with Gasteiger partial charge in [-0.15, -0.1) is 0 Å². The van der Waals surface area contributed by atoms with Crippen LogP contribution in [0.15, 0.2) is 11.1 Å². The predicted octanol–water partition coefficient (Wildman–Crippen LogP) is 2.62. The zero-order chi connectivity index (χ0) is 9.35.